The smallest absolute Gasteiger partial charge is 0.253 e. The Morgan fingerprint density at radius 3 is 2.70 bits per heavy atom. The highest BCUT2D eigenvalue weighted by Gasteiger charge is 2.26. The Morgan fingerprint density at radius 1 is 1.39 bits per heavy atom. The van der Waals surface area contributed by atoms with Crippen molar-refractivity contribution >= 4 is 15.9 Å². The maximum absolute atomic E-state index is 12.5. The summed E-state index contributed by atoms with van der Waals surface area (Å²) < 4.78 is 26.4. The van der Waals surface area contributed by atoms with Gasteiger partial charge in [0.15, 0.2) is 0 Å². The van der Waals surface area contributed by atoms with E-state index in [0.29, 0.717) is 11.5 Å². The van der Waals surface area contributed by atoms with Gasteiger partial charge in [0.2, 0.25) is 10.0 Å². The standard InChI is InChI=1S/C16H23N3O3S/c1-3-9-18-23(21,22)15-6-4-14(5-7-15)16(20)19-10-8-13(12-19)11-17-2/h3-7,13,17-18H,1,8-12H2,2H3. The van der Waals surface area contributed by atoms with Gasteiger partial charge in [-0.05, 0) is 50.2 Å². The van der Waals surface area contributed by atoms with E-state index in [-0.39, 0.29) is 17.3 Å². The maximum Gasteiger partial charge on any atom is 0.253 e. The van der Waals surface area contributed by atoms with Crippen LogP contribution >= 0.6 is 0 Å². The topological polar surface area (TPSA) is 78.5 Å². The normalized spacial score (nSPS) is 18.1. The quantitative estimate of drug-likeness (QED) is 0.723. The van der Waals surface area contributed by atoms with E-state index in [2.05, 4.69) is 16.6 Å². The van der Waals surface area contributed by atoms with Gasteiger partial charge >= 0.3 is 0 Å². The van der Waals surface area contributed by atoms with Crippen molar-refractivity contribution < 1.29 is 13.2 Å². The van der Waals surface area contributed by atoms with Gasteiger partial charge in [0.1, 0.15) is 0 Å². The van der Waals surface area contributed by atoms with Crippen molar-refractivity contribution in [3.05, 3.63) is 42.5 Å². The fourth-order valence-corrected chi connectivity index (χ4v) is 3.68. The van der Waals surface area contributed by atoms with Crippen LogP contribution in [0.15, 0.2) is 41.8 Å². The number of nitrogens with one attached hydrogen (secondary N) is 2. The molecular weight excluding hydrogens is 314 g/mol. The molecule has 1 atom stereocenters. The Balaban J connectivity index is 2.05. The van der Waals surface area contributed by atoms with E-state index >= 15 is 0 Å². The van der Waals surface area contributed by atoms with Gasteiger partial charge in [-0.2, -0.15) is 0 Å². The first-order chi connectivity index (χ1) is 11.0. The summed E-state index contributed by atoms with van der Waals surface area (Å²) in [5, 5.41) is 3.13. The molecule has 23 heavy (non-hydrogen) atoms. The van der Waals surface area contributed by atoms with Gasteiger partial charge in [0, 0.05) is 25.2 Å². The van der Waals surface area contributed by atoms with Crippen molar-refractivity contribution in [2.45, 2.75) is 11.3 Å². The molecule has 1 amide bonds. The van der Waals surface area contributed by atoms with Gasteiger partial charge in [-0.25, -0.2) is 13.1 Å². The molecule has 1 aliphatic heterocycles. The number of sulfonamides is 1. The third-order valence-electron chi connectivity index (χ3n) is 3.90. The van der Waals surface area contributed by atoms with Crippen LogP contribution in [0.2, 0.25) is 0 Å². The minimum Gasteiger partial charge on any atom is -0.338 e. The Labute approximate surface area is 137 Å². The Bertz CT molecular complexity index is 656. The number of rotatable bonds is 7. The van der Waals surface area contributed by atoms with Crippen LogP contribution in [0.5, 0.6) is 0 Å². The second-order valence-corrected chi connectivity index (χ2v) is 7.40. The zero-order chi connectivity index (χ0) is 16.9. The first-order valence-electron chi connectivity index (χ1n) is 7.62. The molecule has 0 saturated carbocycles. The van der Waals surface area contributed by atoms with Gasteiger partial charge in [-0.15, -0.1) is 6.58 Å². The zero-order valence-corrected chi connectivity index (χ0v) is 14.1. The zero-order valence-electron chi connectivity index (χ0n) is 13.3. The second kappa shape index (κ2) is 7.72. The lowest BCUT2D eigenvalue weighted by atomic mass is 10.1. The molecular formula is C16H23N3O3S. The molecule has 6 nitrogen and oxygen atoms in total. The first-order valence-corrected chi connectivity index (χ1v) is 9.10. The van der Waals surface area contributed by atoms with Gasteiger partial charge in [0.05, 0.1) is 4.90 Å². The van der Waals surface area contributed by atoms with Crippen molar-refractivity contribution in [3.63, 3.8) is 0 Å². The van der Waals surface area contributed by atoms with E-state index in [1.165, 1.54) is 18.2 Å². The molecule has 2 N–H and O–H groups in total. The maximum atomic E-state index is 12.5. The summed E-state index contributed by atoms with van der Waals surface area (Å²) in [6.07, 6.45) is 2.47. The van der Waals surface area contributed by atoms with Gasteiger partial charge in [-0.3, -0.25) is 4.79 Å². The van der Waals surface area contributed by atoms with Crippen LogP contribution < -0.4 is 10.0 Å². The van der Waals surface area contributed by atoms with Crippen LogP contribution in [0.25, 0.3) is 0 Å². The molecule has 7 heteroatoms. The molecule has 1 aromatic rings. The SMILES string of the molecule is C=CCNS(=O)(=O)c1ccc(C(=O)N2CCC(CNC)C2)cc1. The number of hydrogen-bond donors (Lipinski definition) is 2. The van der Waals surface area contributed by atoms with Crippen molar-refractivity contribution in [1.82, 2.24) is 14.9 Å². The minimum atomic E-state index is -3.55. The molecule has 1 aliphatic rings. The number of hydrogen-bond acceptors (Lipinski definition) is 4. The summed E-state index contributed by atoms with van der Waals surface area (Å²) in [6, 6.07) is 6.05. The fraction of sp³-hybridized carbons (Fsp3) is 0.438. The van der Waals surface area contributed by atoms with E-state index in [0.717, 1.165) is 26.1 Å². The summed E-state index contributed by atoms with van der Waals surface area (Å²) in [5.74, 6) is 0.429. The monoisotopic (exact) mass is 337 g/mol. The summed E-state index contributed by atoms with van der Waals surface area (Å²) in [4.78, 5) is 14.4. The highest BCUT2D eigenvalue weighted by molar-refractivity contribution is 7.89. The summed E-state index contributed by atoms with van der Waals surface area (Å²) in [6.45, 7) is 6.02. The molecule has 0 aliphatic carbocycles. The van der Waals surface area contributed by atoms with Gasteiger partial charge in [-0.1, -0.05) is 6.08 Å². The van der Waals surface area contributed by atoms with Crippen molar-refractivity contribution in [2.24, 2.45) is 5.92 Å². The minimum absolute atomic E-state index is 0.0494. The first kappa shape index (κ1) is 17.7. The molecule has 1 aromatic carbocycles. The fourth-order valence-electron chi connectivity index (χ4n) is 2.68. The van der Waals surface area contributed by atoms with Crippen molar-refractivity contribution in [3.8, 4) is 0 Å². The molecule has 1 unspecified atom stereocenters. The van der Waals surface area contributed by atoms with E-state index < -0.39 is 10.0 Å². The molecule has 0 aromatic heterocycles. The second-order valence-electron chi connectivity index (χ2n) is 5.63. The number of likely N-dealkylation sites (tertiary alicyclic amines) is 1. The van der Waals surface area contributed by atoms with Crippen LogP contribution in [0.4, 0.5) is 0 Å². The number of carbonyl (C=O) groups excluding carboxylic acids is 1. The average Bonchev–Trinajstić information content (AvgIpc) is 3.01. The third-order valence-corrected chi connectivity index (χ3v) is 5.33. The molecule has 1 saturated heterocycles. The van der Waals surface area contributed by atoms with E-state index in [1.807, 2.05) is 11.9 Å². The van der Waals surface area contributed by atoms with Crippen LogP contribution in [0, 0.1) is 5.92 Å². The summed E-state index contributed by atoms with van der Waals surface area (Å²) in [5.41, 5.74) is 0.512. The summed E-state index contributed by atoms with van der Waals surface area (Å²) >= 11 is 0. The Hall–Kier alpha value is -1.70. The number of benzene rings is 1. The highest BCUT2D eigenvalue weighted by atomic mass is 32.2. The molecule has 1 fully saturated rings. The van der Waals surface area contributed by atoms with E-state index in [4.69, 9.17) is 0 Å². The molecule has 1 heterocycles. The lowest BCUT2D eigenvalue weighted by Gasteiger charge is -2.17. The lowest BCUT2D eigenvalue weighted by molar-refractivity contribution is 0.0787. The predicted molar refractivity (Wildman–Crippen MR) is 89.8 cm³/mol. The summed E-state index contributed by atoms with van der Waals surface area (Å²) in [7, 11) is -1.65. The molecule has 126 valence electrons. The largest absolute Gasteiger partial charge is 0.338 e. The van der Waals surface area contributed by atoms with Gasteiger partial charge < -0.3 is 10.2 Å². The van der Waals surface area contributed by atoms with E-state index in [1.54, 1.807) is 12.1 Å². The number of nitrogens with zero attached hydrogens (tertiary/aromatic N) is 1. The van der Waals surface area contributed by atoms with Crippen LogP contribution in [0.1, 0.15) is 16.8 Å². The average molecular weight is 337 g/mol. The molecule has 0 spiro atoms. The highest BCUT2D eigenvalue weighted by Crippen LogP contribution is 2.19. The molecule has 0 bridgehead atoms. The predicted octanol–water partition coefficient (Wildman–Crippen LogP) is 0.832. The lowest BCUT2D eigenvalue weighted by Crippen LogP contribution is -2.30. The van der Waals surface area contributed by atoms with Crippen LogP contribution in [-0.4, -0.2) is 52.5 Å². The van der Waals surface area contributed by atoms with Crippen LogP contribution in [0.3, 0.4) is 0 Å². The molecule has 2 rings (SSSR count). The Morgan fingerprint density at radius 2 is 2.09 bits per heavy atom. The van der Waals surface area contributed by atoms with Crippen molar-refractivity contribution in [1.29, 1.82) is 0 Å². The Kier molecular flexibility index (Phi) is 5.92. The third kappa shape index (κ3) is 4.40. The molecule has 0 radical (unpaired) electrons. The number of amides is 1. The van der Waals surface area contributed by atoms with E-state index in [9.17, 15) is 13.2 Å². The number of carbonyl (C=O) groups is 1. The van der Waals surface area contributed by atoms with Gasteiger partial charge in [0.25, 0.3) is 5.91 Å². The van der Waals surface area contributed by atoms with Crippen LogP contribution in [-0.2, 0) is 10.0 Å². The van der Waals surface area contributed by atoms with Crippen molar-refractivity contribution in [2.75, 3.05) is 33.2 Å².